The van der Waals surface area contributed by atoms with Crippen molar-refractivity contribution in [2.45, 2.75) is 64.6 Å². The van der Waals surface area contributed by atoms with Gasteiger partial charge < -0.3 is 25.6 Å². The summed E-state index contributed by atoms with van der Waals surface area (Å²) in [4.78, 5) is 36.5. The normalized spacial score (nSPS) is 15.3. The Morgan fingerprint density at radius 1 is 0.971 bits per heavy atom. The first-order chi connectivity index (χ1) is 16.5. The highest BCUT2D eigenvalue weighted by atomic mass is 16.5. The van der Waals surface area contributed by atoms with Crippen LogP contribution in [0.2, 0.25) is 0 Å². The summed E-state index contributed by atoms with van der Waals surface area (Å²) in [5, 5.41) is 23.9. The number of aliphatic carboxylic acids is 1. The van der Waals surface area contributed by atoms with E-state index in [9.17, 15) is 24.6 Å². The van der Waals surface area contributed by atoms with Crippen molar-refractivity contribution in [3.05, 3.63) is 59.7 Å². The van der Waals surface area contributed by atoms with Crippen LogP contribution in [0.4, 0.5) is 4.79 Å². The molecule has 3 unspecified atom stereocenters. The highest BCUT2D eigenvalue weighted by Gasteiger charge is 2.31. The monoisotopic (exact) mass is 482 g/mol. The number of alkyl carbamates (subject to hydrolysis) is 1. The molecule has 2 amide bonds. The van der Waals surface area contributed by atoms with E-state index in [1.165, 1.54) is 6.92 Å². The molecule has 4 N–H and O–H groups in total. The molecule has 0 saturated heterocycles. The lowest BCUT2D eigenvalue weighted by molar-refractivity contribution is -0.144. The Morgan fingerprint density at radius 3 is 2.00 bits per heavy atom. The molecule has 1 aliphatic rings. The zero-order valence-corrected chi connectivity index (χ0v) is 20.6. The lowest BCUT2D eigenvalue weighted by atomic mass is 9.87. The molecule has 0 spiro atoms. The first-order valence-electron chi connectivity index (χ1n) is 11.8. The molecule has 35 heavy (non-hydrogen) atoms. The SMILES string of the molecule is CC(O)C(NC(=O)CC(CC(C)(C)C)NC(=O)OCC1c2ccccc2-c2ccccc21)C(=O)O. The van der Waals surface area contributed by atoms with Gasteiger partial charge in [-0.25, -0.2) is 9.59 Å². The molecule has 8 nitrogen and oxygen atoms in total. The van der Waals surface area contributed by atoms with Crippen LogP contribution in [-0.4, -0.2) is 53.0 Å². The summed E-state index contributed by atoms with van der Waals surface area (Å²) >= 11 is 0. The molecule has 0 saturated carbocycles. The minimum Gasteiger partial charge on any atom is -0.480 e. The van der Waals surface area contributed by atoms with Gasteiger partial charge in [0.15, 0.2) is 6.04 Å². The van der Waals surface area contributed by atoms with Crippen LogP contribution in [0.5, 0.6) is 0 Å². The fourth-order valence-electron chi connectivity index (χ4n) is 4.57. The predicted molar refractivity (Wildman–Crippen MR) is 132 cm³/mol. The maximum atomic E-state index is 12.7. The van der Waals surface area contributed by atoms with Crippen molar-refractivity contribution in [3.63, 3.8) is 0 Å². The van der Waals surface area contributed by atoms with Crippen LogP contribution in [0.1, 0.15) is 57.6 Å². The molecule has 1 aliphatic carbocycles. The van der Waals surface area contributed by atoms with Gasteiger partial charge in [0.05, 0.1) is 6.10 Å². The van der Waals surface area contributed by atoms with Gasteiger partial charge in [-0.1, -0.05) is 69.3 Å². The highest BCUT2D eigenvalue weighted by molar-refractivity contribution is 5.84. The number of benzene rings is 2. The predicted octanol–water partition coefficient (Wildman–Crippen LogP) is 3.67. The van der Waals surface area contributed by atoms with Crippen LogP contribution in [0.15, 0.2) is 48.5 Å². The quantitative estimate of drug-likeness (QED) is 0.432. The molecule has 3 rings (SSSR count). The van der Waals surface area contributed by atoms with Crippen LogP contribution in [-0.2, 0) is 14.3 Å². The molecule has 0 heterocycles. The number of carbonyl (C=O) groups excluding carboxylic acids is 2. The number of aliphatic hydroxyl groups is 1. The summed E-state index contributed by atoms with van der Waals surface area (Å²) < 4.78 is 5.61. The van der Waals surface area contributed by atoms with E-state index in [4.69, 9.17) is 4.74 Å². The van der Waals surface area contributed by atoms with Gasteiger partial charge >= 0.3 is 12.1 Å². The Labute approximate surface area is 205 Å². The maximum absolute atomic E-state index is 12.7. The van der Waals surface area contributed by atoms with E-state index >= 15 is 0 Å². The second kappa shape index (κ2) is 10.9. The Bertz CT molecular complexity index is 1030. The molecule has 0 radical (unpaired) electrons. The molecule has 2 aromatic rings. The summed E-state index contributed by atoms with van der Waals surface area (Å²) in [6, 6.07) is 14.1. The second-order valence-electron chi connectivity index (χ2n) is 10.3. The van der Waals surface area contributed by atoms with Crippen molar-refractivity contribution in [3.8, 4) is 11.1 Å². The van der Waals surface area contributed by atoms with Crippen molar-refractivity contribution in [2.75, 3.05) is 6.61 Å². The maximum Gasteiger partial charge on any atom is 0.407 e. The lowest BCUT2D eigenvalue weighted by Crippen LogP contribution is -2.50. The number of rotatable bonds is 9. The fourth-order valence-corrected chi connectivity index (χ4v) is 4.57. The highest BCUT2D eigenvalue weighted by Crippen LogP contribution is 2.44. The molecule has 0 aliphatic heterocycles. The molecular weight excluding hydrogens is 448 g/mol. The number of nitrogens with one attached hydrogen (secondary N) is 2. The number of carbonyl (C=O) groups is 3. The number of aliphatic hydroxyl groups excluding tert-OH is 1. The van der Waals surface area contributed by atoms with Gasteiger partial charge in [-0.2, -0.15) is 0 Å². The molecule has 0 aromatic heterocycles. The van der Waals surface area contributed by atoms with E-state index in [1.807, 2.05) is 57.2 Å². The van der Waals surface area contributed by atoms with Gasteiger partial charge in [0.25, 0.3) is 0 Å². The van der Waals surface area contributed by atoms with Crippen molar-refractivity contribution < 1.29 is 29.3 Å². The fraction of sp³-hybridized carbons (Fsp3) is 0.444. The Hall–Kier alpha value is -3.39. The van der Waals surface area contributed by atoms with Crippen LogP contribution in [0.3, 0.4) is 0 Å². The van der Waals surface area contributed by atoms with E-state index < -0.39 is 36.2 Å². The van der Waals surface area contributed by atoms with E-state index in [0.717, 1.165) is 22.3 Å². The van der Waals surface area contributed by atoms with Crippen molar-refractivity contribution in [1.82, 2.24) is 10.6 Å². The zero-order valence-electron chi connectivity index (χ0n) is 20.6. The van der Waals surface area contributed by atoms with Gasteiger partial charge in [-0.05, 0) is 41.0 Å². The third kappa shape index (κ3) is 6.82. The van der Waals surface area contributed by atoms with E-state index in [1.54, 1.807) is 0 Å². The van der Waals surface area contributed by atoms with Gasteiger partial charge in [-0.15, -0.1) is 0 Å². The van der Waals surface area contributed by atoms with Crippen molar-refractivity contribution >= 4 is 18.0 Å². The van der Waals surface area contributed by atoms with Gasteiger partial charge in [0.1, 0.15) is 6.61 Å². The molecule has 8 heteroatoms. The van der Waals surface area contributed by atoms with Gasteiger partial charge in [-0.3, -0.25) is 4.79 Å². The number of carboxylic acids is 1. The summed E-state index contributed by atoms with van der Waals surface area (Å²) in [7, 11) is 0. The molecule has 3 atom stereocenters. The summed E-state index contributed by atoms with van der Waals surface area (Å²) in [6.07, 6.45) is -1.57. The number of fused-ring (bicyclic) bond motifs is 3. The Morgan fingerprint density at radius 2 is 1.51 bits per heavy atom. The summed E-state index contributed by atoms with van der Waals surface area (Å²) in [5.74, 6) is -1.99. The lowest BCUT2D eigenvalue weighted by Gasteiger charge is -2.27. The Balaban J connectivity index is 1.65. The minimum atomic E-state index is -1.42. The molecular formula is C27H34N2O6. The summed E-state index contributed by atoms with van der Waals surface area (Å²) in [5.41, 5.74) is 4.25. The average Bonchev–Trinajstić information content (AvgIpc) is 3.08. The van der Waals surface area contributed by atoms with Crippen molar-refractivity contribution in [2.24, 2.45) is 5.41 Å². The summed E-state index contributed by atoms with van der Waals surface area (Å²) in [6.45, 7) is 7.38. The third-order valence-corrected chi connectivity index (χ3v) is 6.02. The molecule has 0 fully saturated rings. The third-order valence-electron chi connectivity index (χ3n) is 6.02. The van der Waals surface area contributed by atoms with E-state index in [2.05, 4.69) is 22.8 Å². The van der Waals surface area contributed by atoms with Crippen molar-refractivity contribution in [1.29, 1.82) is 0 Å². The zero-order chi connectivity index (χ0) is 25.8. The topological polar surface area (TPSA) is 125 Å². The van der Waals surface area contributed by atoms with Crippen LogP contribution in [0.25, 0.3) is 11.1 Å². The molecule has 2 aromatic carbocycles. The van der Waals surface area contributed by atoms with Gasteiger partial charge in [0.2, 0.25) is 5.91 Å². The van der Waals surface area contributed by atoms with E-state index in [0.29, 0.717) is 6.42 Å². The number of hydrogen-bond donors (Lipinski definition) is 4. The molecule has 188 valence electrons. The standard InChI is InChI=1S/C27H34N2O6/c1-16(30)24(25(32)33)29-23(31)13-17(14-27(2,3)4)28-26(34)35-15-22-20-11-7-5-9-18(20)19-10-6-8-12-21(19)22/h5-12,16-17,22,24,30H,13-15H2,1-4H3,(H,28,34)(H,29,31)(H,32,33). The number of ether oxygens (including phenoxy) is 1. The van der Waals surface area contributed by atoms with E-state index in [-0.39, 0.29) is 24.4 Å². The van der Waals surface area contributed by atoms with Crippen LogP contribution in [0, 0.1) is 5.41 Å². The smallest absolute Gasteiger partial charge is 0.407 e. The number of carboxylic acid groups (broad SMARTS) is 1. The number of hydrogen-bond acceptors (Lipinski definition) is 5. The second-order valence-corrected chi connectivity index (χ2v) is 10.3. The average molecular weight is 483 g/mol. The Kier molecular flexibility index (Phi) is 8.17. The van der Waals surface area contributed by atoms with Gasteiger partial charge in [0, 0.05) is 18.4 Å². The van der Waals surface area contributed by atoms with Crippen LogP contribution >= 0.6 is 0 Å². The first-order valence-corrected chi connectivity index (χ1v) is 11.8. The number of amides is 2. The largest absolute Gasteiger partial charge is 0.480 e. The minimum absolute atomic E-state index is 0.0834. The first kappa shape index (κ1) is 26.2. The van der Waals surface area contributed by atoms with Crippen LogP contribution < -0.4 is 10.6 Å². The molecule has 0 bridgehead atoms.